The van der Waals surface area contributed by atoms with Gasteiger partial charge in [0.25, 0.3) is 0 Å². The minimum Gasteiger partial charge on any atom is -0.478 e. The fourth-order valence-electron chi connectivity index (χ4n) is 2.22. The fourth-order valence-corrected chi connectivity index (χ4v) is 2.22. The summed E-state index contributed by atoms with van der Waals surface area (Å²) in [7, 11) is 2.04. The number of carboxylic acid groups (broad SMARTS) is 1. The molecule has 17 heavy (non-hydrogen) atoms. The highest BCUT2D eigenvalue weighted by molar-refractivity contribution is 5.88. The van der Waals surface area contributed by atoms with Gasteiger partial charge in [-0.25, -0.2) is 4.79 Å². The van der Waals surface area contributed by atoms with Crippen molar-refractivity contribution in [2.75, 3.05) is 13.6 Å². The minimum absolute atomic E-state index is 0.271. The SMILES string of the molecule is Cc1oc(CN(C)CC2CC2C)cc1C(=O)O. The van der Waals surface area contributed by atoms with Crippen LogP contribution in [0.1, 0.15) is 35.2 Å². The van der Waals surface area contributed by atoms with Gasteiger partial charge in [-0.05, 0) is 38.3 Å². The first-order valence-corrected chi connectivity index (χ1v) is 5.98. The van der Waals surface area contributed by atoms with Gasteiger partial charge in [-0.15, -0.1) is 0 Å². The second-order valence-electron chi connectivity index (χ2n) is 5.16. The van der Waals surface area contributed by atoms with Crippen molar-refractivity contribution in [3.63, 3.8) is 0 Å². The van der Waals surface area contributed by atoms with Crippen LogP contribution < -0.4 is 0 Å². The van der Waals surface area contributed by atoms with Gasteiger partial charge in [0.2, 0.25) is 0 Å². The molecule has 0 radical (unpaired) electrons. The standard InChI is InChI=1S/C13H19NO3/c1-8-4-10(8)6-14(3)7-11-5-12(13(15)16)9(2)17-11/h5,8,10H,4,6-7H2,1-3H3,(H,15,16). The van der Waals surface area contributed by atoms with Crippen LogP contribution in [0.15, 0.2) is 10.5 Å². The number of hydrogen-bond acceptors (Lipinski definition) is 3. The Labute approximate surface area is 101 Å². The van der Waals surface area contributed by atoms with Crippen molar-refractivity contribution in [2.45, 2.75) is 26.8 Å². The Morgan fingerprint density at radius 2 is 2.29 bits per heavy atom. The average Bonchev–Trinajstić information content (AvgIpc) is 2.74. The molecule has 0 bridgehead atoms. The monoisotopic (exact) mass is 237 g/mol. The van der Waals surface area contributed by atoms with Crippen LogP contribution in [0.5, 0.6) is 0 Å². The maximum Gasteiger partial charge on any atom is 0.339 e. The third kappa shape index (κ3) is 2.88. The van der Waals surface area contributed by atoms with E-state index in [0.717, 1.165) is 24.1 Å². The Kier molecular flexibility index (Phi) is 3.24. The van der Waals surface area contributed by atoms with Crippen LogP contribution in [-0.2, 0) is 6.54 Å². The molecule has 1 fully saturated rings. The molecule has 0 aliphatic heterocycles. The van der Waals surface area contributed by atoms with E-state index < -0.39 is 5.97 Å². The molecule has 1 aromatic heterocycles. The molecule has 1 aromatic rings. The first-order valence-electron chi connectivity index (χ1n) is 5.98. The molecule has 2 unspecified atom stereocenters. The van der Waals surface area contributed by atoms with E-state index in [9.17, 15) is 4.79 Å². The molecule has 0 spiro atoms. The zero-order valence-electron chi connectivity index (χ0n) is 10.6. The molecule has 4 nitrogen and oxygen atoms in total. The van der Waals surface area contributed by atoms with Crippen LogP contribution in [0.4, 0.5) is 0 Å². The maximum atomic E-state index is 10.9. The summed E-state index contributed by atoms with van der Waals surface area (Å²) in [6.45, 7) is 5.69. The first kappa shape index (κ1) is 12.2. The lowest BCUT2D eigenvalue weighted by Crippen LogP contribution is -2.20. The lowest BCUT2D eigenvalue weighted by atomic mass is 10.2. The third-order valence-corrected chi connectivity index (χ3v) is 3.45. The lowest BCUT2D eigenvalue weighted by molar-refractivity contribution is 0.0695. The van der Waals surface area contributed by atoms with Crippen LogP contribution in [0, 0.1) is 18.8 Å². The Balaban J connectivity index is 1.93. The van der Waals surface area contributed by atoms with Crippen molar-refractivity contribution in [1.29, 1.82) is 0 Å². The van der Waals surface area contributed by atoms with E-state index >= 15 is 0 Å². The van der Waals surface area contributed by atoms with Gasteiger partial charge in [0.1, 0.15) is 17.1 Å². The van der Waals surface area contributed by atoms with Crippen molar-refractivity contribution in [1.82, 2.24) is 4.90 Å². The number of carbonyl (C=O) groups is 1. The van der Waals surface area contributed by atoms with Crippen molar-refractivity contribution >= 4 is 5.97 Å². The number of aryl methyl sites for hydroxylation is 1. The van der Waals surface area contributed by atoms with Gasteiger partial charge >= 0.3 is 5.97 Å². The van der Waals surface area contributed by atoms with Crippen molar-refractivity contribution < 1.29 is 14.3 Å². The molecule has 1 aliphatic rings. The van der Waals surface area contributed by atoms with Gasteiger partial charge in [0, 0.05) is 6.54 Å². The summed E-state index contributed by atoms with van der Waals surface area (Å²) in [6, 6.07) is 1.63. The molecule has 0 amide bonds. The van der Waals surface area contributed by atoms with E-state index in [1.54, 1.807) is 13.0 Å². The highest BCUT2D eigenvalue weighted by Gasteiger charge is 2.33. The summed E-state index contributed by atoms with van der Waals surface area (Å²) < 4.78 is 5.45. The Bertz CT molecular complexity index is 424. The predicted molar refractivity (Wildman–Crippen MR) is 64.0 cm³/mol. The van der Waals surface area contributed by atoms with Gasteiger partial charge in [-0.1, -0.05) is 6.92 Å². The Hall–Kier alpha value is -1.29. The van der Waals surface area contributed by atoms with Crippen molar-refractivity contribution in [2.24, 2.45) is 11.8 Å². The van der Waals surface area contributed by atoms with E-state index in [2.05, 4.69) is 11.8 Å². The molecule has 0 saturated heterocycles. The number of nitrogens with zero attached hydrogens (tertiary/aromatic N) is 1. The molecule has 2 rings (SSSR count). The summed E-state index contributed by atoms with van der Waals surface area (Å²) in [5, 5.41) is 8.93. The molecular formula is C13H19NO3. The van der Waals surface area contributed by atoms with Crippen LogP contribution in [0.2, 0.25) is 0 Å². The first-order chi connectivity index (χ1) is 7.97. The predicted octanol–water partition coefficient (Wildman–Crippen LogP) is 2.37. The lowest BCUT2D eigenvalue weighted by Gasteiger charge is -2.14. The number of hydrogen-bond donors (Lipinski definition) is 1. The van der Waals surface area contributed by atoms with Gasteiger partial charge in [0.15, 0.2) is 0 Å². The molecule has 0 aromatic carbocycles. The summed E-state index contributed by atoms with van der Waals surface area (Å²) >= 11 is 0. The van der Waals surface area contributed by atoms with Gasteiger partial charge in [0.05, 0.1) is 6.54 Å². The summed E-state index contributed by atoms with van der Waals surface area (Å²) in [5.41, 5.74) is 0.271. The van der Waals surface area contributed by atoms with Crippen molar-refractivity contribution in [3.05, 3.63) is 23.2 Å². The van der Waals surface area contributed by atoms with Crippen LogP contribution >= 0.6 is 0 Å². The second-order valence-corrected chi connectivity index (χ2v) is 5.16. The van der Waals surface area contributed by atoms with Crippen LogP contribution in [-0.4, -0.2) is 29.6 Å². The summed E-state index contributed by atoms with van der Waals surface area (Å²) in [6.07, 6.45) is 1.31. The normalized spacial score (nSPS) is 23.1. The molecule has 2 atom stereocenters. The van der Waals surface area contributed by atoms with E-state index in [0.29, 0.717) is 12.3 Å². The van der Waals surface area contributed by atoms with E-state index in [1.807, 2.05) is 7.05 Å². The topological polar surface area (TPSA) is 53.7 Å². The highest BCUT2D eigenvalue weighted by Crippen LogP contribution is 2.38. The van der Waals surface area contributed by atoms with Crippen LogP contribution in [0.25, 0.3) is 0 Å². The molecule has 1 saturated carbocycles. The minimum atomic E-state index is -0.920. The molecule has 1 aliphatic carbocycles. The fraction of sp³-hybridized carbons (Fsp3) is 0.615. The Morgan fingerprint density at radius 1 is 1.65 bits per heavy atom. The second kappa shape index (κ2) is 4.53. The smallest absolute Gasteiger partial charge is 0.339 e. The largest absolute Gasteiger partial charge is 0.478 e. The number of furan rings is 1. The zero-order valence-corrected chi connectivity index (χ0v) is 10.6. The molecule has 1 heterocycles. The Morgan fingerprint density at radius 3 is 2.76 bits per heavy atom. The van der Waals surface area contributed by atoms with E-state index in [-0.39, 0.29) is 5.56 Å². The quantitative estimate of drug-likeness (QED) is 0.854. The summed E-state index contributed by atoms with van der Waals surface area (Å²) in [5.74, 6) is 1.94. The average molecular weight is 237 g/mol. The van der Waals surface area contributed by atoms with Crippen LogP contribution in [0.3, 0.4) is 0 Å². The zero-order chi connectivity index (χ0) is 12.6. The van der Waals surface area contributed by atoms with Gasteiger partial charge in [-0.3, -0.25) is 4.90 Å². The molecule has 4 heteroatoms. The highest BCUT2D eigenvalue weighted by atomic mass is 16.4. The summed E-state index contributed by atoms with van der Waals surface area (Å²) in [4.78, 5) is 13.1. The van der Waals surface area contributed by atoms with E-state index in [4.69, 9.17) is 9.52 Å². The number of carboxylic acids is 1. The molecule has 1 N–H and O–H groups in total. The molecular weight excluding hydrogens is 218 g/mol. The number of rotatable bonds is 5. The molecule has 94 valence electrons. The third-order valence-electron chi connectivity index (χ3n) is 3.45. The van der Waals surface area contributed by atoms with E-state index in [1.165, 1.54) is 6.42 Å². The van der Waals surface area contributed by atoms with Gasteiger partial charge in [-0.2, -0.15) is 0 Å². The number of aromatic carboxylic acids is 1. The maximum absolute atomic E-state index is 10.9. The van der Waals surface area contributed by atoms with Gasteiger partial charge < -0.3 is 9.52 Å². The van der Waals surface area contributed by atoms with Crippen molar-refractivity contribution in [3.8, 4) is 0 Å².